The molecule has 0 aromatic rings. The van der Waals surface area contributed by atoms with Crippen molar-refractivity contribution in [2.75, 3.05) is 32.7 Å². The van der Waals surface area contributed by atoms with Gasteiger partial charge in [-0.25, -0.2) is 0 Å². The van der Waals surface area contributed by atoms with E-state index in [4.69, 9.17) is 0 Å². The molecule has 0 bridgehead atoms. The number of aliphatic hydroxyl groups excluding tert-OH is 1. The highest BCUT2D eigenvalue weighted by atomic mass is 16.3. The molecule has 1 N–H and O–H groups in total. The molecule has 7 nitrogen and oxygen atoms in total. The zero-order valence-electron chi connectivity index (χ0n) is 14.3. The van der Waals surface area contributed by atoms with Crippen LogP contribution in [0, 0.1) is 5.92 Å². The van der Waals surface area contributed by atoms with Gasteiger partial charge in [-0.15, -0.1) is 0 Å². The van der Waals surface area contributed by atoms with Crippen molar-refractivity contribution in [3.8, 4) is 0 Å². The lowest BCUT2D eigenvalue weighted by Crippen LogP contribution is -2.63. The topological polar surface area (TPSA) is 81.2 Å². The minimum atomic E-state index is -0.555. The Bertz CT molecular complexity index is 516. The number of nitrogens with zero attached hydrogens (tertiary/aromatic N) is 3. The predicted octanol–water partition coefficient (Wildman–Crippen LogP) is -0.171. The van der Waals surface area contributed by atoms with Gasteiger partial charge in [0.2, 0.25) is 17.7 Å². The van der Waals surface area contributed by atoms with Crippen molar-refractivity contribution >= 4 is 17.7 Å². The highest BCUT2D eigenvalue weighted by Crippen LogP contribution is 2.24. The van der Waals surface area contributed by atoms with E-state index in [1.165, 1.54) is 4.90 Å². The SMILES string of the molecule is CC1CCN(C(=O)CCN2CC(=O)N3CC[C@@H](O)C[C@H]3C2=O)CC1. The Balaban J connectivity index is 1.54. The number of aliphatic hydroxyl groups is 1. The summed E-state index contributed by atoms with van der Waals surface area (Å²) in [6, 6.07) is -0.555. The van der Waals surface area contributed by atoms with Crippen molar-refractivity contribution < 1.29 is 19.5 Å². The molecule has 3 rings (SSSR count). The Labute approximate surface area is 142 Å². The summed E-state index contributed by atoms with van der Waals surface area (Å²) in [5.41, 5.74) is 0. The Morgan fingerprint density at radius 1 is 1.17 bits per heavy atom. The molecule has 3 fully saturated rings. The molecule has 0 aliphatic carbocycles. The van der Waals surface area contributed by atoms with E-state index in [9.17, 15) is 19.5 Å². The lowest BCUT2D eigenvalue weighted by molar-refractivity contribution is -0.160. The summed E-state index contributed by atoms with van der Waals surface area (Å²) in [6.45, 7) is 4.55. The van der Waals surface area contributed by atoms with Gasteiger partial charge in [-0.3, -0.25) is 14.4 Å². The van der Waals surface area contributed by atoms with Crippen LogP contribution >= 0.6 is 0 Å². The minimum Gasteiger partial charge on any atom is -0.393 e. The molecule has 3 aliphatic heterocycles. The molecule has 3 amide bonds. The third-order valence-electron chi connectivity index (χ3n) is 5.55. The molecular formula is C17H27N3O4. The lowest BCUT2D eigenvalue weighted by Gasteiger charge is -2.44. The van der Waals surface area contributed by atoms with Crippen LogP contribution < -0.4 is 0 Å². The molecule has 0 saturated carbocycles. The molecule has 3 heterocycles. The second-order valence-corrected chi connectivity index (χ2v) is 7.35. The summed E-state index contributed by atoms with van der Waals surface area (Å²) in [5.74, 6) is 0.520. The van der Waals surface area contributed by atoms with Crippen molar-refractivity contribution in [1.29, 1.82) is 0 Å². The number of rotatable bonds is 3. The van der Waals surface area contributed by atoms with Crippen LogP contribution in [0.3, 0.4) is 0 Å². The number of piperidine rings is 2. The molecule has 24 heavy (non-hydrogen) atoms. The highest BCUT2D eigenvalue weighted by molar-refractivity contribution is 5.95. The molecule has 0 spiro atoms. The highest BCUT2D eigenvalue weighted by Gasteiger charge is 2.42. The quantitative estimate of drug-likeness (QED) is 0.775. The van der Waals surface area contributed by atoms with Gasteiger partial charge in [0, 0.05) is 39.0 Å². The monoisotopic (exact) mass is 337 g/mol. The lowest BCUT2D eigenvalue weighted by atomic mass is 9.96. The van der Waals surface area contributed by atoms with Gasteiger partial charge in [0.15, 0.2) is 0 Å². The van der Waals surface area contributed by atoms with Gasteiger partial charge >= 0.3 is 0 Å². The Hall–Kier alpha value is -1.63. The van der Waals surface area contributed by atoms with E-state index in [2.05, 4.69) is 6.92 Å². The van der Waals surface area contributed by atoms with Crippen molar-refractivity contribution in [2.24, 2.45) is 5.92 Å². The molecule has 2 atom stereocenters. The van der Waals surface area contributed by atoms with E-state index >= 15 is 0 Å². The van der Waals surface area contributed by atoms with Crippen molar-refractivity contribution in [2.45, 2.75) is 51.2 Å². The molecule has 0 aromatic carbocycles. The molecular weight excluding hydrogens is 310 g/mol. The number of piperazine rings is 1. The van der Waals surface area contributed by atoms with Gasteiger partial charge in [0.1, 0.15) is 6.04 Å². The van der Waals surface area contributed by atoms with Crippen LogP contribution in [-0.2, 0) is 14.4 Å². The van der Waals surface area contributed by atoms with E-state index in [1.807, 2.05) is 4.90 Å². The first-order valence-electron chi connectivity index (χ1n) is 9.00. The van der Waals surface area contributed by atoms with Crippen LogP contribution in [-0.4, -0.2) is 82.4 Å². The van der Waals surface area contributed by atoms with Crippen LogP contribution in [0.4, 0.5) is 0 Å². The van der Waals surface area contributed by atoms with E-state index in [0.717, 1.165) is 25.9 Å². The first kappa shape index (κ1) is 17.2. The zero-order chi connectivity index (χ0) is 17.3. The predicted molar refractivity (Wildman–Crippen MR) is 86.9 cm³/mol. The number of carbonyl (C=O) groups is 3. The third kappa shape index (κ3) is 3.55. The maximum Gasteiger partial charge on any atom is 0.245 e. The van der Waals surface area contributed by atoms with Gasteiger partial charge < -0.3 is 19.8 Å². The van der Waals surface area contributed by atoms with Crippen molar-refractivity contribution in [3.63, 3.8) is 0 Å². The van der Waals surface area contributed by atoms with Gasteiger partial charge in [-0.1, -0.05) is 6.92 Å². The first-order chi connectivity index (χ1) is 11.5. The van der Waals surface area contributed by atoms with Crippen LogP contribution in [0.1, 0.15) is 39.0 Å². The average Bonchev–Trinajstić information content (AvgIpc) is 2.57. The number of hydrogen-bond donors (Lipinski definition) is 1. The van der Waals surface area contributed by atoms with E-state index in [1.54, 1.807) is 4.90 Å². The summed E-state index contributed by atoms with van der Waals surface area (Å²) < 4.78 is 0. The standard InChI is InChI=1S/C17H27N3O4/c1-12-2-6-18(7-3-12)15(22)5-8-19-11-16(23)20-9-4-13(21)10-14(20)17(19)24/h12-14,21H,2-11H2,1H3/t13-,14+/m1/s1. The van der Waals surface area contributed by atoms with Crippen molar-refractivity contribution in [1.82, 2.24) is 14.7 Å². The zero-order valence-corrected chi connectivity index (χ0v) is 14.3. The maximum absolute atomic E-state index is 12.6. The van der Waals surface area contributed by atoms with Gasteiger partial charge in [-0.2, -0.15) is 0 Å². The largest absolute Gasteiger partial charge is 0.393 e. The van der Waals surface area contributed by atoms with Gasteiger partial charge in [0.25, 0.3) is 0 Å². The minimum absolute atomic E-state index is 0.0513. The van der Waals surface area contributed by atoms with Crippen LogP contribution in [0.25, 0.3) is 0 Å². The Morgan fingerprint density at radius 2 is 1.88 bits per heavy atom. The number of amides is 3. The fourth-order valence-electron chi connectivity index (χ4n) is 3.86. The first-order valence-corrected chi connectivity index (χ1v) is 9.00. The summed E-state index contributed by atoms with van der Waals surface area (Å²) in [5, 5.41) is 9.78. The van der Waals surface area contributed by atoms with E-state index in [-0.39, 0.29) is 37.2 Å². The third-order valence-corrected chi connectivity index (χ3v) is 5.55. The van der Waals surface area contributed by atoms with E-state index in [0.29, 0.717) is 25.3 Å². The fraction of sp³-hybridized carbons (Fsp3) is 0.824. The molecule has 0 radical (unpaired) electrons. The summed E-state index contributed by atoms with van der Waals surface area (Å²) in [7, 11) is 0. The molecule has 134 valence electrons. The number of likely N-dealkylation sites (tertiary alicyclic amines) is 1. The van der Waals surface area contributed by atoms with Crippen LogP contribution in [0.5, 0.6) is 0 Å². The van der Waals surface area contributed by atoms with E-state index < -0.39 is 12.1 Å². The normalized spacial score (nSPS) is 29.0. The Morgan fingerprint density at radius 3 is 2.58 bits per heavy atom. The number of hydrogen-bond acceptors (Lipinski definition) is 4. The smallest absolute Gasteiger partial charge is 0.245 e. The Kier molecular flexibility index (Phi) is 5.08. The fourth-order valence-corrected chi connectivity index (χ4v) is 3.86. The molecule has 3 aliphatic rings. The average molecular weight is 337 g/mol. The number of fused-ring (bicyclic) bond motifs is 1. The second-order valence-electron chi connectivity index (χ2n) is 7.35. The molecule has 0 unspecified atom stereocenters. The molecule has 0 aromatic heterocycles. The second kappa shape index (κ2) is 7.09. The van der Waals surface area contributed by atoms with Gasteiger partial charge in [-0.05, 0) is 25.2 Å². The summed E-state index contributed by atoms with van der Waals surface area (Å²) in [6.07, 6.45) is 2.63. The summed E-state index contributed by atoms with van der Waals surface area (Å²) >= 11 is 0. The van der Waals surface area contributed by atoms with Crippen LogP contribution in [0.15, 0.2) is 0 Å². The van der Waals surface area contributed by atoms with Crippen molar-refractivity contribution in [3.05, 3.63) is 0 Å². The van der Waals surface area contributed by atoms with Crippen LogP contribution in [0.2, 0.25) is 0 Å². The molecule has 3 saturated heterocycles. The maximum atomic E-state index is 12.6. The summed E-state index contributed by atoms with van der Waals surface area (Å²) in [4.78, 5) is 42.1. The molecule has 7 heteroatoms. The van der Waals surface area contributed by atoms with Gasteiger partial charge in [0.05, 0.1) is 12.6 Å². The number of carbonyl (C=O) groups excluding carboxylic acids is 3.